The van der Waals surface area contributed by atoms with Crippen LogP contribution in [-0.2, 0) is 84.4 Å². The van der Waals surface area contributed by atoms with Crippen LogP contribution in [0.4, 0.5) is 0 Å². The molecule has 0 spiro atoms. The molecule has 10 rings (SSSR count). The largest absolute Gasteiger partial charge is 0.506 e. The molecule has 4 amide bonds. The first-order chi connectivity index (χ1) is 53.8. The molecular weight excluding hydrogens is 1450 g/mol. The van der Waals surface area contributed by atoms with Crippen LogP contribution < -0.4 is 43.0 Å². The van der Waals surface area contributed by atoms with Gasteiger partial charge in [-0.15, -0.1) is 0 Å². The fourth-order valence-corrected chi connectivity index (χ4v) is 17.1. The van der Waals surface area contributed by atoms with Gasteiger partial charge in [-0.25, -0.2) is 0 Å². The molecule has 0 unspecified atom stereocenters. The monoisotopic (exact) mass is 1580 g/mol. The van der Waals surface area contributed by atoms with Crippen molar-refractivity contribution in [3.05, 3.63) is 222 Å². The zero-order valence-corrected chi connectivity index (χ0v) is 70.8. The van der Waals surface area contributed by atoms with Gasteiger partial charge >= 0.3 is 0 Å². The number of carbonyl (C=O) groups is 4. The van der Waals surface area contributed by atoms with E-state index in [1.165, 1.54) is 23.3 Å². The number of rotatable bonds is 38. The van der Waals surface area contributed by atoms with E-state index in [2.05, 4.69) is 182 Å². The number of piperidine rings is 2. The van der Waals surface area contributed by atoms with Crippen molar-refractivity contribution in [3.63, 3.8) is 0 Å². The van der Waals surface area contributed by atoms with Crippen molar-refractivity contribution in [3.8, 4) is 11.5 Å². The quantitative estimate of drug-likeness (QED) is 0.0161. The normalized spacial score (nSPS) is 15.5. The van der Waals surface area contributed by atoms with Crippen molar-refractivity contribution in [1.29, 1.82) is 0 Å². The third-order valence-corrected chi connectivity index (χ3v) is 32.3. The van der Waals surface area contributed by atoms with E-state index in [0.29, 0.717) is 89.1 Å². The first-order valence-electron chi connectivity index (χ1n) is 40.8. The summed E-state index contributed by atoms with van der Waals surface area (Å²) in [5.41, 5.74) is 10.5. The minimum absolute atomic E-state index is 0.0138. The number of likely N-dealkylation sites (tertiary alicyclic amines) is 2. The molecule has 113 heavy (non-hydrogen) atoms. The van der Waals surface area contributed by atoms with Crippen LogP contribution in [0.1, 0.15) is 162 Å². The van der Waals surface area contributed by atoms with Gasteiger partial charge in [0.25, 0.3) is 0 Å². The molecule has 23 heteroatoms. The standard InChI is InChI=1S/C90H124N10O11Si2/c1-61(93-59-79(110-112(9,10)89(3,4)5)73-27-31-77(101)87-75(73)29-33-83(105)97-87)51-69-17-13-15-63(53-69)35-43-91-85(107)55-65-19-23-67(24-20-65)57-95-81(103)41-49-99-45-37-71(38-46-99)109-72-39-47-100(48-40-72)50-42-82(104)96-58-68-25-21-66(22-26-68)56-86(108)92-44-36-64-16-14-18-70(54-64)52-62(2)94-60-80(111-113(11,12)90(6,7)8)74-28-32-78(102)88-76(74)30-34-84(106)98-88/h13-34,53-54,61-62,71-72,79-80,93-94,101-102H,35-52,55-60H2,1-12H3,(H,91,107)(H,92,108)(H,95,103)(H,96,104)(H,97,105)(H,98,106)/t61-,62-,79+,80+/m1/s1. The molecule has 6 aromatic carbocycles. The lowest BCUT2D eigenvalue weighted by molar-refractivity contribution is -0.122. The highest BCUT2D eigenvalue weighted by Crippen LogP contribution is 2.43. The fourth-order valence-electron chi connectivity index (χ4n) is 14.5. The Balaban J connectivity index is 0.538. The van der Waals surface area contributed by atoms with E-state index in [1.54, 1.807) is 24.3 Å². The van der Waals surface area contributed by atoms with Crippen LogP contribution in [0.15, 0.2) is 155 Å². The number of nitrogens with zero attached hydrogens (tertiary/aromatic N) is 2. The van der Waals surface area contributed by atoms with Gasteiger partial charge < -0.3 is 75.5 Å². The lowest BCUT2D eigenvalue weighted by Gasteiger charge is -2.40. The highest BCUT2D eigenvalue weighted by Gasteiger charge is 2.42. The first kappa shape index (κ1) is 86.8. The number of hydrogen-bond donors (Lipinski definition) is 10. The summed E-state index contributed by atoms with van der Waals surface area (Å²) < 4.78 is 20.7. The molecule has 4 heterocycles. The Kier molecular flexibility index (Phi) is 30.8. The van der Waals surface area contributed by atoms with E-state index in [4.69, 9.17) is 13.6 Å². The van der Waals surface area contributed by atoms with Gasteiger partial charge in [-0.05, 0) is 181 Å². The van der Waals surface area contributed by atoms with E-state index in [9.17, 15) is 39.0 Å². The number of fused-ring (bicyclic) bond motifs is 2. The molecule has 2 aliphatic rings. The van der Waals surface area contributed by atoms with Gasteiger partial charge in [0.1, 0.15) is 11.5 Å². The topological polar surface area (TPSA) is 281 Å². The third-order valence-electron chi connectivity index (χ3n) is 23.4. The lowest BCUT2D eigenvalue weighted by Crippen LogP contribution is -2.44. The fraction of sp³-hybridized carbons (Fsp3) is 0.489. The number of aromatic nitrogens is 2. The van der Waals surface area contributed by atoms with Gasteiger partial charge in [0, 0.05) is 126 Å². The van der Waals surface area contributed by atoms with Crippen molar-refractivity contribution in [2.24, 2.45) is 0 Å². The van der Waals surface area contributed by atoms with Gasteiger partial charge in [-0.1, -0.05) is 151 Å². The molecule has 2 aromatic heterocycles. The average molecular weight is 1580 g/mol. The van der Waals surface area contributed by atoms with Crippen molar-refractivity contribution in [2.75, 3.05) is 65.4 Å². The molecule has 2 aliphatic heterocycles. The summed E-state index contributed by atoms with van der Waals surface area (Å²) in [4.78, 5) is 86.9. The van der Waals surface area contributed by atoms with Crippen molar-refractivity contribution in [2.45, 2.75) is 218 Å². The van der Waals surface area contributed by atoms with E-state index < -0.39 is 16.6 Å². The molecule has 8 aromatic rings. The van der Waals surface area contributed by atoms with Crippen LogP contribution in [0, 0.1) is 0 Å². The van der Waals surface area contributed by atoms with Gasteiger partial charge in [0.05, 0.1) is 48.3 Å². The minimum atomic E-state index is -2.24. The first-order valence-corrected chi connectivity index (χ1v) is 46.6. The zero-order chi connectivity index (χ0) is 81.0. The smallest absolute Gasteiger partial charge is 0.248 e. The molecule has 0 saturated carbocycles. The number of aromatic amines is 2. The van der Waals surface area contributed by atoms with Crippen LogP contribution in [-0.4, -0.2) is 160 Å². The molecule has 4 atom stereocenters. The Morgan fingerprint density at radius 1 is 0.469 bits per heavy atom. The number of amides is 4. The lowest BCUT2D eigenvalue weighted by atomic mass is 10.0. The van der Waals surface area contributed by atoms with Crippen LogP contribution in [0.3, 0.4) is 0 Å². The molecule has 2 fully saturated rings. The second-order valence-corrected chi connectivity index (χ2v) is 43.9. The Morgan fingerprint density at radius 3 is 1.20 bits per heavy atom. The predicted molar refractivity (Wildman–Crippen MR) is 456 cm³/mol. The Bertz CT molecular complexity index is 4310. The van der Waals surface area contributed by atoms with E-state index >= 15 is 0 Å². The van der Waals surface area contributed by atoms with Crippen molar-refractivity contribution < 1.29 is 43.0 Å². The maximum Gasteiger partial charge on any atom is 0.248 e. The molecular formula is C90H124N10O11Si2. The minimum Gasteiger partial charge on any atom is -0.506 e. The highest BCUT2D eigenvalue weighted by molar-refractivity contribution is 6.74. The number of pyridine rings is 2. The maximum atomic E-state index is 13.1. The number of carbonyl (C=O) groups excluding carboxylic acids is 4. The number of phenolic OH excluding ortho intramolecular Hbond substituents is 2. The Morgan fingerprint density at radius 2 is 0.832 bits per heavy atom. The number of H-pyrrole nitrogens is 2. The van der Waals surface area contributed by atoms with E-state index in [1.807, 2.05) is 60.7 Å². The van der Waals surface area contributed by atoms with Crippen LogP contribution in [0.25, 0.3) is 21.8 Å². The number of benzene rings is 6. The van der Waals surface area contributed by atoms with Crippen LogP contribution >= 0.6 is 0 Å². The summed E-state index contributed by atoms with van der Waals surface area (Å²) in [7, 11) is -4.47. The zero-order valence-electron chi connectivity index (χ0n) is 68.8. The van der Waals surface area contributed by atoms with Gasteiger partial charge in [-0.2, -0.15) is 0 Å². The Hall–Kier alpha value is -8.63. The average Bonchev–Trinajstić information content (AvgIpc) is 0.782. The van der Waals surface area contributed by atoms with Crippen LogP contribution in [0.2, 0.25) is 36.3 Å². The second-order valence-electron chi connectivity index (χ2n) is 34.4. The number of aromatic hydroxyl groups is 2. The maximum absolute atomic E-state index is 13.1. The summed E-state index contributed by atoms with van der Waals surface area (Å²) >= 11 is 0. The third kappa shape index (κ3) is 26.2. The predicted octanol–water partition coefficient (Wildman–Crippen LogP) is 12.8. The number of hydrogen-bond acceptors (Lipinski definition) is 15. The Labute approximate surface area is 670 Å². The van der Waals surface area contributed by atoms with Gasteiger partial charge in [-0.3, -0.25) is 28.8 Å². The van der Waals surface area contributed by atoms with Crippen molar-refractivity contribution >= 4 is 62.1 Å². The summed E-state index contributed by atoms with van der Waals surface area (Å²) in [5, 5.41) is 42.5. The van der Waals surface area contributed by atoms with Crippen LogP contribution in [0.5, 0.6) is 11.5 Å². The molecule has 608 valence electrons. The molecule has 0 aliphatic carbocycles. The van der Waals surface area contributed by atoms with Gasteiger partial charge in [0.15, 0.2) is 16.6 Å². The van der Waals surface area contributed by atoms with Crippen molar-refractivity contribution in [1.82, 2.24) is 51.7 Å². The molecule has 2 saturated heterocycles. The summed E-state index contributed by atoms with van der Waals surface area (Å²) in [6.07, 6.45) is 7.92. The van der Waals surface area contributed by atoms with E-state index in [-0.39, 0.29) is 106 Å². The summed E-state index contributed by atoms with van der Waals surface area (Å²) in [5.74, 6) is -0.00646. The summed E-state index contributed by atoms with van der Waals surface area (Å²) in [6, 6.07) is 46.5. The number of phenols is 2. The molecule has 10 N–H and O–H groups in total. The van der Waals surface area contributed by atoms with Gasteiger partial charge in [0.2, 0.25) is 34.7 Å². The SMILES string of the molecule is C[C@H](Cc1cccc(CCNC(=O)Cc2ccc(CNC(=O)CCN3CCC(OC4CCN(CCC(=O)NCc5ccc(CC(=O)NCCc6cccc(C[C@@H](C)NC[C@H](O[Si](C)(C)C(C)(C)C)c7ccc(O)c8[nH]c(=O)ccc78)c6)cc5)CC4)CC3)cc2)c1)NC[C@H](O[Si](C)(C)C(C)(C)C)c1ccc(O)c2[nH]c(=O)ccc12. The highest BCUT2D eigenvalue weighted by atomic mass is 28.4. The second kappa shape index (κ2) is 40.1. The molecule has 21 nitrogen and oxygen atoms in total. The molecule has 0 bridgehead atoms. The molecule has 0 radical (unpaired) electrons. The van der Waals surface area contributed by atoms with E-state index in [0.717, 1.165) is 120 Å². The number of nitrogens with one attached hydrogen (secondary N) is 8. The number of ether oxygens (including phenoxy) is 1. The summed E-state index contributed by atoms with van der Waals surface area (Å²) in [6.45, 7) is 34.5.